The molecule has 6 rings (SSSR count). The number of nitrogens with zero attached hydrogens (tertiary/aromatic N) is 4. The summed E-state index contributed by atoms with van der Waals surface area (Å²) in [6.07, 6.45) is 3.11. The minimum atomic E-state index is -0.320. The first kappa shape index (κ1) is 17.0. The third-order valence-electron chi connectivity index (χ3n) is 5.21. The maximum atomic E-state index is 12.9. The normalized spacial score (nSPS) is 13.6. The average Bonchev–Trinajstić information content (AvgIpc) is 3.51. The number of benzene rings is 2. The molecule has 3 heterocycles. The van der Waals surface area contributed by atoms with Gasteiger partial charge in [-0.25, -0.2) is 4.98 Å². The van der Waals surface area contributed by atoms with E-state index < -0.39 is 0 Å². The molecule has 0 saturated carbocycles. The Bertz CT molecular complexity index is 1480. The Morgan fingerprint density at radius 3 is 2.33 bits per heavy atom. The molecule has 1 aliphatic rings. The molecule has 5 aromatic rings. The Kier molecular flexibility index (Phi) is 3.42. The lowest BCUT2D eigenvalue weighted by Gasteiger charge is -2.00. The largest absolute Gasteiger partial charge is 0.417 e. The van der Waals surface area contributed by atoms with Gasteiger partial charge < -0.3 is 8.98 Å². The van der Waals surface area contributed by atoms with Gasteiger partial charge in [-0.1, -0.05) is 24.3 Å². The van der Waals surface area contributed by atoms with Gasteiger partial charge in [-0.15, -0.1) is 11.3 Å². The molecule has 3 aromatic heterocycles. The van der Waals surface area contributed by atoms with E-state index in [4.69, 9.17) is 4.42 Å². The van der Waals surface area contributed by atoms with Crippen LogP contribution in [0.2, 0.25) is 0 Å². The molecule has 0 radical (unpaired) electrons. The van der Waals surface area contributed by atoms with Gasteiger partial charge in [0.1, 0.15) is 0 Å². The van der Waals surface area contributed by atoms with Gasteiger partial charge in [0.15, 0.2) is 22.4 Å². The van der Waals surface area contributed by atoms with Crippen LogP contribution in [0.15, 0.2) is 58.0 Å². The van der Waals surface area contributed by atoms with Crippen molar-refractivity contribution in [3.05, 3.63) is 70.6 Å². The molecule has 0 atom stereocenters. The highest BCUT2D eigenvalue weighted by atomic mass is 32.1. The second-order valence-electron chi connectivity index (χ2n) is 6.97. The summed E-state index contributed by atoms with van der Waals surface area (Å²) in [6.45, 7) is 0. The zero-order chi connectivity index (χ0) is 20.4. The van der Waals surface area contributed by atoms with E-state index in [0.717, 1.165) is 15.8 Å². The molecule has 144 valence electrons. The number of carbonyl (C=O) groups is 2. The van der Waals surface area contributed by atoms with E-state index in [2.05, 4.69) is 15.0 Å². The maximum Gasteiger partial charge on any atom is 0.267 e. The van der Waals surface area contributed by atoms with Crippen LogP contribution in [0.1, 0.15) is 26.6 Å². The minimum absolute atomic E-state index is 0.0482. The molecule has 0 N–H and O–H groups in total. The summed E-state index contributed by atoms with van der Waals surface area (Å²) in [6, 6.07) is 11.2. The van der Waals surface area contributed by atoms with Gasteiger partial charge in [-0.3, -0.25) is 9.59 Å². The highest BCUT2D eigenvalue weighted by molar-refractivity contribution is 7.13. The molecule has 0 spiro atoms. The number of ketones is 2. The van der Waals surface area contributed by atoms with E-state index in [9.17, 15) is 9.59 Å². The third kappa shape index (κ3) is 2.34. The minimum Gasteiger partial charge on any atom is -0.417 e. The van der Waals surface area contributed by atoms with Crippen LogP contribution in [0.25, 0.3) is 39.0 Å². The molecule has 0 unspecified atom stereocenters. The van der Waals surface area contributed by atoms with Crippen LogP contribution >= 0.6 is 11.3 Å². The summed E-state index contributed by atoms with van der Waals surface area (Å²) in [5.74, 6) is 0.180. The van der Waals surface area contributed by atoms with E-state index in [1.165, 1.54) is 17.4 Å². The van der Waals surface area contributed by atoms with Crippen molar-refractivity contribution in [1.29, 1.82) is 0 Å². The van der Waals surface area contributed by atoms with Crippen LogP contribution < -0.4 is 0 Å². The Labute approximate surface area is 173 Å². The molecule has 0 aliphatic heterocycles. The van der Waals surface area contributed by atoms with E-state index in [0.29, 0.717) is 28.3 Å². The van der Waals surface area contributed by atoms with Gasteiger partial charge in [0, 0.05) is 35.8 Å². The van der Waals surface area contributed by atoms with Gasteiger partial charge in [0.2, 0.25) is 11.5 Å². The zero-order valence-corrected chi connectivity index (χ0v) is 16.4. The second kappa shape index (κ2) is 6.04. The molecule has 0 saturated heterocycles. The van der Waals surface area contributed by atoms with Gasteiger partial charge in [-0.2, -0.15) is 9.97 Å². The number of aromatic nitrogens is 4. The standard InChI is InChI=1S/C22H12N4O3S/c1-26-19-21(25-20(26)22-23-6-7-30-22)29-16(24-19)10-15-17(27)13-8-11-4-2-3-5-12(11)9-14(13)18(15)28/h2-10H,1H3. The van der Waals surface area contributed by atoms with Crippen LogP contribution in [-0.2, 0) is 7.05 Å². The van der Waals surface area contributed by atoms with Gasteiger partial charge >= 0.3 is 0 Å². The lowest BCUT2D eigenvalue weighted by Crippen LogP contribution is -2.00. The van der Waals surface area contributed by atoms with Crippen LogP contribution in [0, 0.1) is 0 Å². The van der Waals surface area contributed by atoms with Crippen LogP contribution in [-0.4, -0.2) is 31.1 Å². The van der Waals surface area contributed by atoms with E-state index in [-0.39, 0.29) is 23.0 Å². The third-order valence-corrected chi connectivity index (χ3v) is 5.98. The van der Waals surface area contributed by atoms with Crippen molar-refractivity contribution >= 4 is 51.1 Å². The number of hydrogen-bond acceptors (Lipinski definition) is 7. The Balaban J connectivity index is 1.43. The Hall–Kier alpha value is -3.91. The molecule has 2 aromatic carbocycles. The van der Waals surface area contributed by atoms with Crippen LogP contribution in [0.5, 0.6) is 0 Å². The Morgan fingerprint density at radius 2 is 1.73 bits per heavy atom. The number of rotatable bonds is 2. The summed E-state index contributed by atoms with van der Waals surface area (Å²) < 4.78 is 7.49. The number of aryl methyl sites for hydroxylation is 1. The predicted octanol–water partition coefficient (Wildman–Crippen LogP) is 4.30. The number of carbonyl (C=O) groups excluding carboxylic acids is 2. The molecule has 1 aliphatic carbocycles. The van der Waals surface area contributed by atoms with Crippen molar-refractivity contribution in [3.8, 4) is 10.8 Å². The van der Waals surface area contributed by atoms with Crippen molar-refractivity contribution in [2.75, 3.05) is 0 Å². The number of oxazole rings is 1. The van der Waals surface area contributed by atoms with E-state index in [1.54, 1.807) is 22.9 Å². The fourth-order valence-corrected chi connectivity index (χ4v) is 4.39. The van der Waals surface area contributed by atoms with Crippen molar-refractivity contribution in [2.24, 2.45) is 7.05 Å². The molecule has 8 heteroatoms. The summed E-state index contributed by atoms with van der Waals surface area (Å²) in [4.78, 5) is 38.9. The number of Topliss-reactive ketones (excluding diaryl/α,β-unsaturated/α-hetero) is 2. The maximum absolute atomic E-state index is 12.9. The zero-order valence-electron chi connectivity index (χ0n) is 15.6. The van der Waals surface area contributed by atoms with Crippen molar-refractivity contribution < 1.29 is 14.0 Å². The van der Waals surface area contributed by atoms with Crippen LogP contribution in [0.4, 0.5) is 0 Å². The fourth-order valence-electron chi connectivity index (χ4n) is 3.73. The average molecular weight is 412 g/mol. The molecule has 0 amide bonds. The van der Waals surface area contributed by atoms with Gasteiger partial charge in [0.25, 0.3) is 5.71 Å². The Morgan fingerprint density at radius 1 is 1.03 bits per heavy atom. The fraction of sp³-hybridized carbons (Fsp3) is 0.0455. The van der Waals surface area contributed by atoms with Crippen molar-refractivity contribution in [1.82, 2.24) is 19.5 Å². The number of thiazole rings is 1. The molecule has 0 bridgehead atoms. The first-order chi connectivity index (χ1) is 14.6. The highest BCUT2D eigenvalue weighted by Crippen LogP contribution is 2.32. The van der Waals surface area contributed by atoms with E-state index >= 15 is 0 Å². The topological polar surface area (TPSA) is 90.9 Å². The molecule has 30 heavy (non-hydrogen) atoms. The lowest BCUT2D eigenvalue weighted by atomic mass is 10.0. The van der Waals surface area contributed by atoms with Crippen molar-refractivity contribution in [2.45, 2.75) is 0 Å². The van der Waals surface area contributed by atoms with Crippen LogP contribution in [0.3, 0.4) is 0 Å². The number of imidazole rings is 1. The molecule has 7 nitrogen and oxygen atoms in total. The number of hydrogen-bond donors (Lipinski definition) is 0. The summed E-state index contributed by atoms with van der Waals surface area (Å²) >= 11 is 1.47. The highest BCUT2D eigenvalue weighted by Gasteiger charge is 2.34. The summed E-state index contributed by atoms with van der Waals surface area (Å²) in [5.41, 5.74) is 1.71. The molecular weight excluding hydrogens is 400 g/mol. The summed E-state index contributed by atoms with van der Waals surface area (Å²) in [5, 5.41) is 4.46. The monoisotopic (exact) mass is 412 g/mol. The lowest BCUT2D eigenvalue weighted by molar-refractivity contribution is 0.0990. The first-order valence-corrected chi connectivity index (χ1v) is 10.0. The molecule has 0 fully saturated rings. The van der Waals surface area contributed by atoms with E-state index in [1.807, 2.05) is 36.7 Å². The quantitative estimate of drug-likeness (QED) is 0.317. The first-order valence-electron chi connectivity index (χ1n) is 9.17. The second-order valence-corrected chi connectivity index (χ2v) is 7.87. The smallest absolute Gasteiger partial charge is 0.267 e. The molecular formula is C22H12N4O3S. The summed E-state index contributed by atoms with van der Waals surface area (Å²) in [7, 11) is 1.82. The SMILES string of the molecule is Cn1c(-c2nccs2)nc2oc(C=C3C(=O)c4cc5ccccc5cc4C3=O)nc21. The van der Waals surface area contributed by atoms with Gasteiger partial charge in [0.05, 0.1) is 5.57 Å². The number of allylic oxidation sites excluding steroid dienone is 1. The van der Waals surface area contributed by atoms with Crippen molar-refractivity contribution in [3.63, 3.8) is 0 Å². The number of fused-ring (bicyclic) bond motifs is 3. The van der Waals surface area contributed by atoms with Gasteiger partial charge in [-0.05, 0) is 22.9 Å². The predicted molar refractivity (Wildman–Crippen MR) is 112 cm³/mol.